The lowest BCUT2D eigenvalue weighted by atomic mass is 9.79. The van der Waals surface area contributed by atoms with Crippen molar-refractivity contribution in [3.8, 4) is 0 Å². The molecule has 112 valence electrons. The van der Waals surface area contributed by atoms with Crippen molar-refractivity contribution in [2.75, 3.05) is 19.7 Å². The molecule has 0 radical (unpaired) electrons. The highest BCUT2D eigenvalue weighted by atomic mass is 16.5. The summed E-state index contributed by atoms with van der Waals surface area (Å²) in [4.78, 5) is 12.1. The van der Waals surface area contributed by atoms with Gasteiger partial charge < -0.3 is 15.8 Å². The fourth-order valence-corrected chi connectivity index (χ4v) is 2.72. The molecule has 0 spiro atoms. The van der Waals surface area contributed by atoms with Gasteiger partial charge in [0, 0.05) is 19.1 Å². The zero-order chi connectivity index (χ0) is 14.1. The molecule has 1 saturated carbocycles. The van der Waals surface area contributed by atoms with Crippen LogP contribution >= 0.6 is 0 Å². The topological polar surface area (TPSA) is 64.3 Å². The first kappa shape index (κ1) is 16.4. The zero-order valence-electron chi connectivity index (χ0n) is 12.5. The standard InChI is InChI=1S/C15H30N2O2/c1-12(2)19-10-6-5-9-17-15(18)14-8-4-3-7-13(14)11-16/h12-14H,3-11,16H2,1-2H3,(H,17,18). The minimum atomic E-state index is 0.144. The van der Waals surface area contributed by atoms with Gasteiger partial charge in [-0.3, -0.25) is 4.79 Å². The average Bonchev–Trinajstić information content (AvgIpc) is 2.42. The van der Waals surface area contributed by atoms with Crippen molar-refractivity contribution in [2.24, 2.45) is 17.6 Å². The van der Waals surface area contributed by atoms with Gasteiger partial charge in [-0.1, -0.05) is 12.8 Å². The Hall–Kier alpha value is -0.610. The number of rotatable bonds is 8. The molecule has 0 bridgehead atoms. The molecule has 19 heavy (non-hydrogen) atoms. The maximum atomic E-state index is 12.1. The first-order valence-electron chi connectivity index (χ1n) is 7.74. The van der Waals surface area contributed by atoms with E-state index >= 15 is 0 Å². The van der Waals surface area contributed by atoms with Gasteiger partial charge in [-0.05, 0) is 52.0 Å². The van der Waals surface area contributed by atoms with Gasteiger partial charge in [-0.15, -0.1) is 0 Å². The van der Waals surface area contributed by atoms with Crippen LogP contribution in [0, 0.1) is 11.8 Å². The number of amides is 1. The van der Waals surface area contributed by atoms with E-state index in [0.29, 0.717) is 18.6 Å². The van der Waals surface area contributed by atoms with E-state index in [0.717, 1.165) is 45.3 Å². The van der Waals surface area contributed by atoms with Gasteiger partial charge in [-0.25, -0.2) is 0 Å². The molecule has 0 aromatic heterocycles. The molecule has 1 rings (SSSR count). The Bertz CT molecular complexity index is 257. The Morgan fingerprint density at radius 1 is 1.32 bits per heavy atom. The molecule has 1 aliphatic rings. The van der Waals surface area contributed by atoms with Crippen molar-refractivity contribution in [1.29, 1.82) is 0 Å². The molecular weight excluding hydrogens is 240 g/mol. The summed E-state index contributed by atoms with van der Waals surface area (Å²) in [6.07, 6.45) is 6.78. The van der Waals surface area contributed by atoms with Gasteiger partial charge in [0.1, 0.15) is 0 Å². The Balaban J connectivity index is 2.12. The van der Waals surface area contributed by atoms with E-state index < -0.39 is 0 Å². The van der Waals surface area contributed by atoms with Gasteiger partial charge in [0.25, 0.3) is 0 Å². The van der Waals surface area contributed by atoms with Gasteiger partial charge in [0.15, 0.2) is 0 Å². The molecule has 2 atom stereocenters. The quantitative estimate of drug-likeness (QED) is 0.664. The number of nitrogens with one attached hydrogen (secondary N) is 1. The van der Waals surface area contributed by atoms with Gasteiger partial charge in [0.05, 0.1) is 6.10 Å². The fourth-order valence-electron chi connectivity index (χ4n) is 2.72. The van der Waals surface area contributed by atoms with E-state index in [1.54, 1.807) is 0 Å². The monoisotopic (exact) mass is 270 g/mol. The van der Waals surface area contributed by atoms with E-state index in [2.05, 4.69) is 5.32 Å². The second-order valence-electron chi connectivity index (χ2n) is 5.80. The van der Waals surface area contributed by atoms with Gasteiger partial charge in [0.2, 0.25) is 5.91 Å². The van der Waals surface area contributed by atoms with Crippen LogP contribution in [0.25, 0.3) is 0 Å². The smallest absolute Gasteiger partial charge is 0.223 e. The molecule has 1 fully saturated rings. The molecule has 0 aliphatic heterocycles. The predicted molar refractivity (Wildman–Crippen MR) is 77.8 cm³/mol. The van der Waals surface area contributed by atoms with E-state index in [1.165, 1.54) is 6.42 Å². The molecule has 3 N–H and O–H groups in total. The van der Waals surface area contributed by atoms with Gasteiger partial charge >= 0.3 is 0 Å². The normalized spacial score (nSPS) is 23.6. The molecule has 2 unspecified atom stereocenters. The first-order chi connectivity index (χ1) is 9.15. The highest BCUT2D eigenvalue weighted by molar-refractivity contribution is 5.79. The second-order valence-corrected chi connectivity index (χ2v) is 5.80. The van der Waals surface area contributed by atoms with Crippen molar-refractivity contribution in [2.45, 2.75) is 58.5 Å². The SMILES string of the molecule is CC(C)OCCCCNC(=O)C1CCCCC1CN. The van der Waals surface area contributed by atoms with Crippen LogP contribution in [-0.2, 0) is 9.53 Å². The van der Waals surface area contributed by atoms with E-state index in [4.69, 9.17) is 10.5 Å². The summed E-state index contributed by atoms with van der Waals surface area (Å²) in [6, 6.07) is 0. The fraction of sp³-hybridized carbons (Fsp3) is 0.933. The summed E-state index contributed by atoms with van der Waals surface area (Å²) in [5.74, 6) is 0.739. The maximum absolute atomic E-state index is 12.1. The van der Waals surface area contributed by atoms with Gasteiger partial charge in [-0.2, -0.15) is 0 Å². The number of ether oxygens (including phenoxy) is 1. The second kappa shape index (κ2) is 9.32. The van der Waals surface area contributed by atoms with Crippen LogP contribution in [0.3, 0.4) is 0 Å². The molecular formula is C15H30N2O2. The van der Waals surface area contributed by atoms with Crippen LogP contribution in [0.15, 0.2) is 0 Å². The molecule has 1 aliphatic carbocycles. The molecule has 4 nitrogen and oxygen atoms in total. The third-order valence-corrected chi connectivity index (χ3v) is 3.87. The summed E-state index contributed by atoms with van der Waals surface area (Å²) in [6.45, 7) is 6.26. The Labute approximate surface area is 117 Å². The number of carbonyl (C=O) groups excluding carboxylic acids is 1. The number of carbonyl (C=O) groups is 1. The highest BCUT2D eigenvalue weighted by Crippen LogP contribution is 2.29. The molecule has 0 heterocycles. The predicted octanol–water partition coefficient (Wildman–Crippen LogP) is 2.07. The number of unbranched alkanes of at least 4 members (excludes halogenated alkanes) is 1. The lowest BCUT2D eigenvalue weighted by Crippen LogP contribution is -2.39. The third-order valence-electron chi connectivity index (χ3n) is 3.87. The summed E-state index contributed by atoms with van der Waals surface area (Å²) < 4.78 is 5.47. The van der Waals surface area contributed by atoms with Crippen LogP contribution < -0.4 is 11.1 Å². The van der Waals surface area contributed by atoms with E-state index in [9.17, 15) is 4.79 Å². The minimum Gasteiger partial charge on any atom is -0.379 e. The van der Waals surface area contributed by atoms with E-state index in [1.807, 2.05) is 13.8 Å². The van der Waals surface area contributed by atoms with Crippen molar-refractivity contribution in [1.82, 2.24) is 5.32 Å². The summed E-state index contributed by atoms with van der Waals surface area (Å²) in [5.41, 5.74) is 5.76. The Morgan fingerprint density at radius 3 is 2.74 bits per heavy atom. The maximum Gasteiger partial charge on any atom is 0.223 e. The van der Waals surface area contributed by atoms with Crippen molar-refractivity contribution >= 4 is 5.91 Å². The molecule has 1 amide bonds. The number of hydrogen-bond donors (Lipinski definition) is 2. The van der Waals surface area contributed by atoms with Crippen LogP contribution in [0.1, 0.15) is 52.4 Å². The lowest BCUT2D eigenvalue weighted by molar-refractivity contribution is -0.127. The minimum absolute atomic E-state index is 0.144. The van der Waals surface area contributed by atoms with Crippen LogP contribution in [0.2, 0.25) is 0 Å². The Kier molecular flexibility index (Phi) is 8.07. The zero-order valence-corrected chi connectivity index (χ0v) is 12.5. The van der Waals surface area contributed by atoms with Crippen LogP contribution in [-0.4, -0.2) is 31.7 Å². The Morgan fingerprint density at radius 2 is 2.05 bits per heavy atom. The van der Waals surface area contributed by atoms with Crippen LogP contribution in [0.4, 0.5) is 0 Å². The third kappa shape index (κ3) is 6.39. The average molecular weight is 270 g/mol. The summed E-state index contributed by atoms with van der Waals surface area (Å²) in [7, 11) is 0. The summed E-state index contributed by atoms with van der Waals surface area (Å²) in [5, 5.41) is 3.05. The van der Waals surface area contributed by atoms with Crippen molar-refractivity contribution in [3.05, 3.63) is 0 Å². The number of hydrogen-bond acceptors (Lipinski definition) is 3. The molecule has 0 aromatic rings. The number of nitrogens with two attached hydrogens (primary N) is 1. The van der Waals surface area contributed by atoms with Crippen LogP contribution in [0.5, 0.6) is 0 Å². The van der Waals surface area contributed by atoms with Crippen molar-refractivity contribution in [3.63, 3.8) is 0 Å². The lowest BCUT2D eigenvalue weighted by Gasteiger charge is -2.29. The largest absolute Gasteiger partial charge is 0.379 e. The summed E-state index contributed by atoms with van der Waals surface area (Å²) >= 11 is 0. The molecule has 0 aromatic carbocycles. The van der Waals surface area contributed by atoms with Crippen molar-refractivity contribution < 1.29 is 9.53 Å². The highest BCUT2D eigenvalue weighted by Gasteiger charge is 2.29. The first-order valence-corrected chi connectivity index (χ1v) is 7.74. The van der Waals surface area contributed by atoms with E-state index in [-0.39, 0.29) is 11.8 Å². The molecule has 4 heteroatoms. The molecule has 0 saturated heterocycles.